The van der Waals surface area contributed by atoms with Gasteiger partial charge in [-0.05, 0) is 55.0 Å². The number of hydrogen-bond donors (Lipinski definition) is 1. The second-order valence-corrected chi connectivity index (χ2v) is 6.43. The largest absolute Gasteiger partial charge is 0.497 e. The van der Waals surface area contributed by atoms with Crippen molar-refractivity contribution in [3.05, 3.63) is 29.3 Å². The van der Waals surface area contributed by atoms with Gasteiger partial charge in [-0.25, -0.2) is 0 Å². The lowest BCUT2D eigenvalue weighted by atomic mass is 9.68. The summed E-state index contributed by atoms with van der Waals surface area (Å²) in [6.07, 6.45) is 6.80. The van der Waals surface area contributed by atoms with Crippen molar-refractivity contribution in [3.63, 3.8) is 0 Å². The fraction of sp³-hybridized carbons (Fsp3) is 0.667. The molecular formula is C18H29NO. The maximum Gasteiger partial charge on any atom is 0.119 e. The predicted molar refractivity (Wildman–Crippen MR) is 85.3 cm³/mol. The molecule has 1 fully saturated rings. The lowest BCUT2D eigenvalue weighted by Crippen LogP contribution is -2.38. The van der Waals surface area contributed by atoms with Gasteiger partial charge in [-0.2, -0.15) is 0 Å². The topological polar surface area (TPSA) is 21.3 Å². The van der Waals surface area contributed by atoms with Crippen molar-refractivity contribution in [2.45, 2.75) is 58.9 Å². The third kappa shape index (κ3) is 3.17. The second-order valence-electron chi connectivity index (χ2n) is 6.43. The summed E-state index contributed by atoms with van der Waals surface area (Å²) in [5, 5.41) is 3.75. The molecule has 0 bridgehead atoms. The number of nitrogens with one attached hydrogen (secondary N) is 1. The Balaban J connectivity index is 2.32. The maximum absolute atomic E-state index is 5.34. The zero-order chi connectivity index (χ0) is 14.6. The van der Waals surface area contributed by atoms with E-state index in [0.717, 1.165) is 12.3 Å². The number of hydrogen-bond acceptors (Lipinski definition) is 2. The summed E-state index contributed by atoms with van der Waals surface area (Å²) in [7, 11) is 1.73. The monoisotopic (exact) mass is 275 g/mol. The van der Waals surface area contributed by atoms with Crippen LogP contribution in [0.2, 0.25) is 0 Å². The summed E-state index contributed by atoms with van der Waals surface area (Å²) in [6, 6.07) is 6.96. The number of methoxy groups -OCH3 is 1. The third-order valence-corrected chi connectivity index (χ3v) is 4.89. The predicted octanol–water partition coefficient (Wildman–Crippen LogP) is 4.62. The van der Waals surface area contributed by atoms with E-state index in [1.54, 1.807) is 7.11 Å². The van der Waals surface area contributed by atoms with Crippen LogP contribution in [0.25, 0.3) is 0 Å². The van der Waals surface area contributed by atoms with Crippen molar-refractivity contribution in [2.24, 2.45) is 5.41 Å². The molecule has 0 heterocycles. The van der Waals surface area contributed by atoms with E-state index in [-0.39, 0.29) is 0 Å². The number of aryl methyl sites for hydroxylation is 1. The molecule has 1 unspecified atom stereocenters. The SMILES string of the molecule is CCNC(c1ccc(OC)cc1C)C1(C)CCCCC1. The normalized spacial score (nSPS) is 19.6. The Morgan fingerprint density at radius 3 is 2.50 bits per heavy atom. The summed E-state index contributed by atoms with van der Waals surface area (Å²) in [4.78, 5) is 0. The minimum absolute atomic E-state index is 0.383. The van der Waals surface area contributed by atoms with Crippen molar-refractivity contribution in [1.82, 2.24) is 5.32 Å². The molecule has 1 aromatic carbocycles. The highest BCUT2D eigenvalue weighted by Gasteiger charge is 2.36. The molecule has 112 valence electrons. The van der Waals surface area contributed by atoms with Gasteiger partial charge in [0, 0.05) is 6.04 Å². The summed E-state index contributed by atoms with van der Waals surface area (Å²) in [5.74, 6) is 0.954. The molecule has 1 N–H and O–H groups in total. The molecule has 2 nitrogen and oxygen atoms in total. The Labute approximate surface area is 123 Å². The number of benzene rings is 1. The first kappa shape index (κ1) is 15.4. The van der Waals surface area contributed by atoms with Gasteiger partial charge >= 0.3 is 0 Å². The van der Waals surface area contributed by atoms with E-state index in [2.05, 4.69) is 44.3 Å². The van der Waals surface area contributed by atoms with Crippen molar-refractivity contribution in [2.75, 3.05) is 13.7 Å². The molecule has 2 rings (SSSR count). The Kier molecular flexibility index (Phi) is 5.09. The van der Waals surface area contributed by atoms with Crippen molar-refractivity contribution >= 4 is 0 Å². The zero-order valence-corrected chi connectivity index (χ0v) is 13.5. The maximum atomic E-state index is 5.34. The van der Waals surface area contributed by atoms with Crippen molar-refractivity contribution in [1.29, 1.82) is 0 Å². The Bertz CT molecular complexity index is 435. The van der Waals surface area contributed by atoms with Gasteiger partial charge in [-0.3, -0.25) is 0 Å². The molecule has 1 atom stereocenters. The van der Waals surface area contributed by atoms with Gasteiger partial charge in [0.1, 0.15) is 5.75 Å². The first-order valence-corrected chi connectivity index (χ1v) is 7.98. The average Bonchev–Trinajstić information content (AvgIpc) is 2.46. The minimum atomic E-state index is 0.383. The smallest absolute Gasteiger partial charge is 0.119 e. The standard InChI is InChI=1S/C18H29NO/c1-5-19-17(18(3)11-7-6-8-12-18)16-10-9-15(20-4)13-14(16)2/h9-10,13,17,19H,5-8,11-12H2,1-4H3. The average molecular weight is 275 g/mol. The molecule has 1 aliphatic carbocycles. The molecule has 0 aromatic heterocycles. The van der Waals surface area contributed by atoms with E-state index < -0.39 is 0 Å². The lowest BCUT2D eigenvalue weighted by Gasteiger charge is -2.42. The molecule has 1 aliphatic rings. The van der Waals surface area contributed by atoms with Gasteiger partial charge < -0.3 is 10.1 Å². The Hall–Kier alpha value is -1.02. The van der Waals surface area contributed by atoms with Crippen molar-refractivity contribution in [3.8, 4) is 5.75 Å². The Morgan fingerprint density at radius 2 is 1.95 bits per heavy atom. The van der Waals surface area contributed by atoms with Crippen LogP contribution < -0.4 is 10.1 Å². The zero-order valence-electron chi connectivity index (χ0n) is 13.5. The number of rotatable bonds is 5. The quantitative estimate of drug-likeness (QED) is 0.846. The molecule has 1 saturated carbocycles. The van der Waals surface area contributed by atoms with E-state index in [1.165, 1.54) is 43.2 Å². The first-order chi connectivity index (χ1) is 9.60. The minimum Gasteiger partial charge on any atom is -0.497 e. The van der Waals surface area contributed by atoms with Gasteiger partial charge in [-0.15, -0.1) is 0 Å². The van der Waals surface area contributed by atoms with Crippen LogP contribution in [-0.4, -0.2) is 13.7 Å². The molecule has 20 heavy (non-hydrogen) atoms. The van der Waals surface area contributed by atoms with Crippen LogP contribution in [0.5, 0.6) is 5.75 Å². The summed E-state index contributed by atoms with van der Waals surface area (Å²) < 4.78 is 5.34. The van der Waals surface area contributed by atoms with Crippen LogP contribution in [0, 0.1) is 12.3 Å². The van der Waals surface area contributed by atoms with Crippen LogP contribution in [-0.2, 0) is 0 Å². The van der Waals surface area contributed by atoms with Crippen LogP contribution in [0.4, 0.5) is 0 Å². The van der Waals surface area contributed by atoms with Crippen LogP contribution in [0.1, 0.15) is 63.1 Å². The fourth-order valence-corrected chi connectivity index (χ4v) is 3.68. The van der Waals surface area contributed by atoms with Crippen molar-refractivity contribution < 1.29 is 4.74 Å². The Morgan fingerprint density at radius 1 is 1.25 bits per heavy atom. The van der Waals surface area contributed by atoms with Gasteiger partial charge in [-0.1, -0.05) is 39.2 Å². The molecule has 1 aromatic rings. The third-order valence-electron chi connectivity index (χ3n) is 4.89. The molecule has 0 radical (unpaired) electrons. The van der Waals surface area contributed by atoms with Gasteiger partial charge in [0.2, 0.25) is 0 Å². The van der Waals surface area contributed by atoms with E-state index in [4.69, 9.17) is 4.74 Å². The summed E-state index contributed by atoms with van der Waals surface area (Å²) in [6.45, 7) is 7.89. The van der Waals surface area contributed by atoms with Gasteiger partial charge in [0.25, 0.3) is 0 Å². The van der Waals surface area contributed by atoms with E-state index in [0.29, 0.717) is 11.5 Å². The summed E-state index contributed by atoms with van der Waals surface area (Å²) in [5.41, 5.74) is 3.16. The van der Waals surface area contributed by atoms with E-state index in [9.17, 15) is 0 Å². The van der Waals surface area contributed by atoms with Crippen LogP contribution in [0.3, 0.4) is 0 Å². The highest BCUT2D eigenvalue weighted by Crippen LogP contribution is 2.46. The second kappa shape index (κ2) is 6.62. The molecule has 0 amide bonds. The van der Waals surface area contributed by atoms with Crippen LogP contribution in [0.15, 0.2) is 18.2 Å². The number of ether oxygens (including phenoxy) is 1. The van der Waals surface area contributed by atoms with Gasteiger partial charge in [0.05, 0.1) is 7.11 Å². The molecule has 0 saturated heterocycles. The fourth-order valence-electron chi connectivity index (χ4n) is 3.68. The van der Waals surface area contributed by atoms with Crippen LogP contribution >= 0.6 is 0 Å². The van der Waals surface area contributed by atoms with E-state index in [1.807, 2.05) is 0 Å². The van der Waals surface area contributed by atoms with Gasteiger partial charge in [0.15, 0.2) is 0 Å². The van der Waals surface area contributed by atoms with E-state index >= 15 is 0 Å². The lowest BCUT2D eigenvalue weighted by molar-refractivity contribution is 0.145. The summed E-state index contributed by atoms with van der Waals surface area (Å²) >= 11 is 0. The highest BCUT2D eigenvalue weighted by molar-refractivity contribution is 5.37. The molecular weight excluding hydrogens is 246 g/mol. The molecule has 0 spiro atoms. The molecule has 0 aliphatic heterocycles. The first-order valence-electron chi connectivity index (χ1n) is 7.98. The molecule has 2 heteroatoms. The highest BCUT2D eigenvalue weighted by atomic mass is 16.5.